The minimum atomic E-state index is -1.03. The van der Waals surface area contributed by atoms with E-state index in [-0.39, 0.29) is 19.5 Å². The average Bonchev–Trinajstić information content (AvgIpc) is 2.89. The molecular formula is C30H41N3O6. The zero-order valence-electron chi connectivity index (χ0n) is 23.8. The van der Waals surface area contributed by atoms with Gasteiger partial charge in [0.15, 0.2) is 0 Å². The molecule has 0 aromatic heterocycles. The monoisotopic (exact) mass is 539 g/mol. The SMILES string of the molecule is CCCCN(C(=O)C(Cc1ccccc1)NC(=O)OC(C)(C)C)C(C(=O)NCC(=O)OC)c1ccc(C)cc1. The van der Waals surface area contributed by atoms with Crippen LogP contribution in [0.15, 0.2) is 54.6 Å². The van der Waals surface area contributed by atoms with E-state index in [0.29, 0.717) is 12.0 Å². The first kappa shape index (κ1) is 31.3. The number of methoxy groups -OCH3 is 1. The van der Waals surface area contributed by atoms with Gasteiger partial charge in [-0.25, -0.2) is 4.79 Å². The van der Waals surface area contributed by atoms with E-state index in [1.807, 2.05) is 56.3 Å². The second-order valence-corrected chi connectivity index (χ2v) is 10.4. The highest BCUT2D eigenvalue weighted by Crippen LogP contribution is 2.24. The molecule has 212 valence electrons. The fraction of sp³-hybridized carbons (Fsp3) is 0.467. The Balaban J connectivity index is 2.51. The van der Waals surface area contributed by atoms with E-state index >= 15 is 0 Å². The van der Waals surface area contributed by atoms with Crippen molar-refractivity contribution in [2.24, 2.45) is 0 Å². The normalized spacial score (nSPS) is 12.6. The number of carbonyl (C=O) groups is 4. The molecule has 0 saturated heterocycles. The van der Waals surface area contributed by atoms with E-state index in [0.717, 1.165) is 17.5 Å². The van der Waals surface area contributed by atoms with Crippen LogP contribution in [0.25, 0.3) is 0 Å². The Morgan fingerprint density at radius 1 is 0.974 bits per heavy atom. The van der Waals surface area contributed by atoms with Crippen LogP contribution in [0.2, 0.25) is 0 Å². The molecule has 2 aromatic rings. The Bertz CT molecular complexity index is 1100. The summed E-state index contributed by atoms with van der Waals surface area (Å²) in [5, 5.41) is 5.33. The number of ether oxygens (including phenoxy) is 2. The summed E-state index contributed by atoms with van der Waals surface area (Å²) in [6.07, 6.45) is 0.875. The van der Waals surface area contributed by atoms with Crippen LogP contribution in [-0.2, 0) is 30.3 Å². The second kappa shape index (κ2) is 14.9. The smallest absolute Gasteiger partial charge is 0.408 e. The van der Waals surface area contributed by atoms with Crippen molar-refractivity contribution in [3.8, 4) is 0 Å². The van der Waals surface area contributed by atoms with Crippen molar-refractivity contribution in [3.05, 3.63) is 71.3 Å². The molecule has 0 bridgehead atoms. The molecule has 9 heteroatoms. The first-order valence-corrected chi connectivity index (χ1v) is 13.2. The minimum absolute atomic E-state index is 0.200. The lowest BCUT2D eigenvalue weighted by atomic mass is 9.99. The number of amides is 3. The number of nitrogens with zero attached hydrogens (tertiary/aromatic N) is 1. The molecule has 2 aromatic carbocycles. The zero-order valence-corrected chi connectivity index (χ0v) is 23.8. The van der Waals surface area contributed by atoms with Crippen LogP contribution in [-0.4, -0.2) is 60.6 Å². The summed E-state index contributed by atoms with van der Waals surface area (Å²) in [6.45, 7) is 9.07. The molecule has 0 aliphatic carbocycles. The summed E-state index contributed by atoms with van der Waals surface area (Å²) >= 11 is 0. The Labute approximate surface area is 231 Å². The third kappa shape index (κ3) is 10.4. The predicted octanol–water partition coefficient (Wildman–Crippen LogP) is 4.09. The number of carbonyl (C=O) groups excluding carboxylic acids is 4. The van der Waals surface area contributed by atoms with E-state index in [1.54, 1.807) is 32.9 Å². The van der Waals surface area contributed by atoms with Gasteiger partial charge < -0.3 is 25.0 Å². The first-order valence-electron chi connectivity index (χ1n) is 13.2. The number of hydrogen-bond donors (Lipinski definition) is 2. The number of aryl methyl sites for hydroxylation is 1. The van der Waals surface area contributed by atoms with Crippen LogP contribution in [0.5, 0.6) is 0 Å². The van der Waals surface area contributed by atoms with Crippen molar-refractivity contribution in [2.45, 2.75) is 71.6 Å². The van der Waals surface area contributed by atoms with Gasteiger partial charge >= 0.3 is 12.1 Å². The maximum atomic E-state index is 14.2. The Kier molecular flexibility index (Phi) is 12.0. The van der Waals surface area contributed by atoms with Crippen molar-refractivity contribution in [1.29, 1.82) is 0 Å². The van der Waals surface area contributed by atoms with Gasteiger partial charge in [0.05, 0.1) is 7.11 Å². The molecule has 0 spiro atoms. The fourth-order valence-corrected chi connectivity index (χ4v) is 3.94. The zero-order chi connectivity index (χ0) is 29.0. The van der Waals surface area contributed by atoms with E-state index in [9.17, 15) is 19.2 Å². The Hall–Kier alpha value is -3.88. The third-order valence-electron chi connectivity index (χ3n) is 5.90. The molecule has 0 radical (unpaired) electrons. The summed E-state index contributed by atoms with van der Waals surface area (Å²) in [6, 6.07) is 14.6. The summed E-state index contributed by atoms with van der Waals surface area (Å²) in [7, 11) is 1.24. The van der Waals surface area contributed by atoms with E-state index in [4.69, 9.17) is 4.74 Å². The van der Waals surface area contributed by atoms with Crippen LogP contribution in [0, 0.1) is 6.92 Å². The fourth-order valence-electron chi connectivity index (χ4n) is 3.94. The summed E-state index contributed by atoms with van der Waals surface area (Å²) < 4.78 is 10.1. The molecule has 0 saturated carbocycles. The van der Waals surface area contributed by atoms with Gasteiger partial charge in [-0.2, -0.15) is 0 Å². The van der Waals surface area contributed by atoms with Gasteiger partial charge in [0.1, 0.15) is 24.2 Å². The molecule has 2 unspecified atom stereocenters. The molecule has 0 aliphatic rings. The highest BCUT2D eigenvalue weighted by Gasteiger charge is 2.36. The molecule has 2 N–H and O–H groups in total. The average molecular weight is 540 g/mol. The molecule has 2 rings (SSSR count). The van der Waals surface area contributed by atoms with E-state index in [2.05, 4.69) is 15.4 Å². The van der Waals surface area contributed by atoms with Gasteiger partial charge in [0, 0.05) is 13.0 Å². The van der Waals surface area contributed by atoms with Crippen molar-refractivity contribution >= 4 is 23.9 Å². The van der Waals surface area contributed by atoms with Crippen molar-refractivity contribution in [1.82, 2.24) is 15.5 Å². The van der Waals surface area contributed by atoms with Crippen LogP contribution >= 0.6 is 0 Å². The first-order chi connectivity index (χ1) is 18.4. The van der Waals surface area contributed by atoms with Gasteiger partial charge in [-0.3, -0.25) is 14.4 Å². The summed E-state index contributed by atoms with van der Waals surface area (Å²) in [5.41, 5.74) is 1.66. The summed E-state index contributed by atoms with van der Waals surface area (Å²) in [4.78, 5) is 53.8. The summed E-state index contributed by atoms with van der Waals surface area (Å²) in [5.74, 6) is -1.56. The molecule has 9 nitrogen and oxygen atoms in total. The topological polar surface area (TPSA) is 114 Å². The molecule has 0 heterocycles. The number of alkyl carbamates (subject to hydrolysis) is 1. The highest BCUT2D eigenvalue weighted by atomic mass is 16.6. The number of rotatable bonds is 12. The lowest BCUT2D eigenvalue weighted by molar-refractivity contribution is -0.144. The molecule has 3 amide bonds. The second-order valence-electron chi connectivity index (χ2n) is 10.4. The number of benzene rings is 2. The van der Waals surface area contributed by atoms with Gasteiger partial charge in [-0.05, 0) is 45.2 Å². The molecule has 0 aliphatic heterocycles. The molecular weight excluding hydrogens is 498 g/mol. The molecule has 0 fully saturated rings. The Morgan fingerprint density at radius 3 is 2.18 bits per heavy atom. The van der Waals surface area contributed by atoms with Gasteiger partial charge in [-0.15, -0.1) is 0 Å². The largest absolute Gasteiger partial charge is 0.468 e. The number of esters is 1. The lowest BCUT2D eigenvalue weighted by Crippen LogP contribution is -2.54. The molecule has 2 atom stereocenters. The third-order valence-corrected chi connectivity index (χ3v) is 5.90. The number of hydrogen-bond acceptors (Lipinski definition) is 6. The van der Waals surface area contributed by atoms with Gasteiger partial charge in [0.2, 0.25) is 11.8 Å². The standard InChI is InChI=1S/C30H41N3O6/c1-7-8-18-33(26(23-16-14-21(2)15-17-23)27(35)31-20-25(34)38-6)28(36)24(19-22-12-10-9-11-13-22)32-29(37)39-30(3,4)5/h9-17,24,26H,7-8,18-20H2,1-6H3,(H,31,35)(H,32,37). The van der Waals surface area contributed by atoms with E-state index in [1.165, 1.54) is 12.0 Å². The lowest BCUT2D eigenvalue weighted by Gasteiger charge is -2.34. The maximum Gasteiger partial charge on any atom is 0.408 e. The highest BCUT2D eigenvalue weighted by molar-refractivity contribution is 5.93. The minimum Gasteiger partial charge on any atom is -0.468 e. The predicted molar refractivity (Wildman–Crippen MR) is 149 cm³/mol. The maximum absolute atomic E-state index is 14.2. The van der Waals surface area contributed by atoms with Crippen molar-refractivity contribution in [3.63, 3.8) is 0 Å². The van der Waals surface area contributed by atoms with Crippen molar-refractivity contribution < 1.29 is 28.7 Å². The van der Waals surface area contributed by atoms with E-state index < -0.39 is 41.6 Å². The number of unbranched alkanes of at least 4 members (excludes halogenated alkanes) is 1. The van der Waals surface area contributed by atoms with Crippen molar-refractivity contribution in [2.75, 3.05) is 20.2 Å². The molecule has 39 heavy (non-hydrogen) atoms. The Morgan fingerprint density at radius 2 is 1.62 bits per heavy atom. The van der Waals surface area contributed by atoms with Gasteiger partial charge in [0.25, 0.3) is 0 Å². The number of nitrogens with one attached hydrogen (secondary N) is 2. The quantitative estimate of drug-likeness (QED) is 0.393. The van der Waals surface area contributed by atoms with Gasteiger partial charge in [-0.1, -0.05) is 73.5 Å². The van der Waals surface area contributed by atoms with Crippen LogP contribution in [0.1, 0.15) is 63.3 Å². The van der Waals surface area contributed by atoms with Crippen LogP contribution < -0.4 is 10.6 Å². The van der Waals surface area contributed by atoms with Crippen LogP contribution in [0.3, 0.4) is 0 Å². The van der Waals surface area contributed by atoms with Crippen LogP contribution in [0.4, 0.5) is 4.79 Å².